The Balaban J connectivity index is 1.44. The first kappa shape index (κ1) is 15.6. The molecule has 2 N–H and O–H groups in total. The average Bonchev–Trinajstić information content (AvgIpc) is 3.44. The number of nitrogens with one attached hydrogen (secondary N) is 2. The van der Waals surface area contributed by atoms with Gasteiger partial charge in [0, 0.05) is 18.2 Å². The third-order valence-corrected chi connectivity index (χ3v) is 4.33. The van der Waals surface area contributed by atoms with E-state index in [0.29, 0.717) is 18.2 Å². The lowest BCUT2D eigenvalue weighted by Gasteiger charge is -2.10. The minimum atomic E-state index is 0.0123. The molecule has 0 bridgehead atoms. The highest BCUT2D eigenvalue weighted by Gasteiger charge is 2.23. The molecule has 1 heterocycles. The molecule has 25 heavy (non-hydrogen) atoms. The van der Waals surface area contributed by atoms with Crippen molar-refractivity contribution in [3.63, 3.8) is 0 Å². The highest BCUT2D eigenvalue weighted by Crippen LogP contribution is 2.20. The van der Waals surface area contributed by atoms with E-state index in [0.717, 1.165) is 41.0 Å². The van der Waals surface area contributed by atoms with Crippen LogP contribution in [0.3, 0.4) is 0 Å². The summed E-state index contributed by atoms with van der Waals surface area (Å²) in [5, 5.41) is 6.34. The summed E-state index contributed by atoms with van der Waals surface area (Å²) < 4.78 is 0. The lowest BCUT2D eigenvalue weighted by molar-refractivity contribution is 0.0951. The Kier molecular flexibility index (Phi) is 4.06. The molecule has 0 spiro atoms. The molecule has 4 rings (SSSR count). The number of aromatic nitrogens is 2. The molecule has 5 nitrogen and oxygen atoms in total. The molecule has 1 aliphatic carbocycles. The van der Waals surface area contributed by atoms with E-state index in [4.69, 9.17) is 0 Å². The highest BCUT2D eigenvalue weighted by molar-refractivity contribution is 5.94. The third-order valence-electron chi connectivity index (χ3n) is 4.33. The summed E-state index contributed by atoms with van der Waals surface area (Å²) in [4.78, 5) is 21.2. The van der Waals surface area contributed by atoms with Crippen LogP contribution in [0.4, 0.5) is 5.82 Å². The maximum atomic E-state index is 12.0. The summed E-state index contributed by atoms with van der Waals surface area (Å²) in [5.74, 6) is 0.799. The summed E-state index contributed by atoms with van der Waals surface area (Å²) in [6.45, 7) is 2.59. The first-order valence-corrected chi connectivity index (χ1v) is 8.56. The van der Waals surface area contributed by atoms with Crippen molar-refractivity contribution in [2.45, 2.75) is 32.4 Å². The second kappa shape index (κ2) is 6.51. The van der Waals surface area contributed by atoms with Crippen molar-refractivity contribution in [1.82, 2.24) is 15.3 Å². The lowest BCUT2D eigenvalue weighted by Crippen LogP contribution is -2.25. The summed E-state index contributed by atoms with van der Waals surface area (Å²) in [6.07, 6.45) is 2.19. The smallest absolute Gasteiger partial charge is 0.251 e. The van der Waals surface area contributed by atoms with Crippen LogP contribution in [0.1, 0.15) is 34.5 Å². The number of carbonyl (C=O) groups is 1. The normalized spacial score (nSPS) is 13.6. The Bertz CT molecular complexity index is 917. The fourth-order valence-electron chi connectivity index (χ4n) is 2.71. The molecular formula is C20H20N4O. The largest absolute Gasteiger partial charge is 0.364 e. The van der Waals surface area contributed by atoms with E-state index in [9.17, 15) is 4.79 Å². The molecule has 2 aromatic carbocycles. The van der Waals surface area contributed by atoms with Crippen LogP contribution < -0.4 is 10.6 Å². The Morgan fingerprint density at radius 1 is 1.04 bits per heavy atom. The summed E-state index contributed by atoms with van der Waals surface area (Å²) in [5.41, 5.74) is 4.45. The molecule has 0 atom stereocenters. The van der Waals surface area contributed by atoms with Crippen LogP contribution in [0.15, 0.2) is 48.5 Å². The maximum Gasteiger partial charge on any atom is 0.251 e. The van der Waals surface area contributed by atoms with Gasteiger partial charge in [0.1, 0.15) is 5.82 Å². The molecule has 5 heteroatoms. The number of aryl methyl sites for hydroxylation is 1. The molecule has 3 aromatic rings. The van der Waals surface area contributed by atoms with Gasteiger partial charge in [-0.1, -0.05) is 24.3 Å². The molecule has 1 aromatic heterocycles. The van der Waals surface area contributed by atoms with E-state index < -0.39 is 0 Å². The topological polar surface area (TPSA) is 66.9 Å². The standard InChI is InChI=1S/C20H20N4O/c1-13-19(24-18-5-3-2-4-17(18)22-13)21-12-14-6-8-15(9-7-14)20(25)23-16-10-11-16/h2-9,16H,10-12H2,1H3,(H,21,24)(H,23,25). The molecule has 0 radical (unpaired) electrons. The minimum absolute atomic E-state index is 0.0123. The van der Waals surface area contributed by atoms with E-state index in [1.165, 1.54) is 0 Å². The maximum absolute atomic E-state index is 12.0. The number of carbonyl (C=O) groups excluding carboxylic acids is 1. The molecule has 1 aliphatic rings. The summed E-state index contributed by atoms with van der Waals surface area (Å²) in [6, 6.07) is 15.9. The quantitative estimate of drug-likeness (QED) is 0.751. The number of rotatable bonds is 5. The number of amides is 1. The lowest BCUT2D eigenvalue weighted by atomic mass is 10.1. The second-order valence-electron chi connectivity index (χ2n) is 6.44. The van der Waals surface area contributed by atoms with Crippen LogP contribution in [0.2, 0.25) is 0 Å². The molecule has 0 saturated heterocycles. The van der Waals surface area contributed by atoms with Gasteiger partial charge in [0.05, 0.1) is 16.7 Å². The zero-order chi connectivity index (χ0) is 17.2. The van der Waals surface area contributed by atoms with Crippen molar-refractivity contribution < 1.29 is 4.79 Å². The van der Waals surface area contributed by atoms with Gasteiger partial charge < -0.3 is 10.6 Å². The van der Waals surface area contributed by atoms with Gasteiger partial charge >= 0.3 is 0 Å². The van der Waals surface area contributed by atoms with Gasteiger partial charge in [-0.25, -0.2) is 9.97 Å². The Morgan fingerprint density at radius 2 is 1.72 bits per heavy atom. The van der Waals surface area contributed by atoms with Gasteiger partial charge in [-0.3, -0.25) is 4.79 Å². The fraction of sp³-hybridized carbons (Fsp3) is 0.250. The first-order chi connectivity index (χ1) is 12.2. The zero-order valence-electron chi connectivity index (χ0n) is 14.1. The van der Waals surface area contributed by atoms with Gasteiger partial charge in [0.15, 0.2) is 0 Å². The number of nitrogens with zero attached hydrogens (tertiary/aromatic N) is 2. The van der Waals surface area contributed by atoms with Crippen molar-refractivity contribution in [1.29, 1.82) is 0 Å². The molecular weight excluding hydrogens is 312 g/mol. The molecule has 0 unspecified atom stereocenters. The SMILES string of the molecule is Cc1nc2ccccc2nc1NCc1ccc(C(=O)NC2CC2)cc1. The van der Waals surface area contributed by atoms with Gasteiger partial charge in [-0.05, 0) is 49.6 Å². The first-order valence-electron chi connectivity index (χ1n) is 8.56. The molecule has 126 valence electrons. The molecule has 1 amide bonds. The van der Waals surface area contributed by atoms with Crippen LogP contribution >= 0.6 is 0 Å². The molecule has 1 fully saturated rings. The van der Waals surface area contributed by atoms with Crippen LogP contribution in [0.5, 0.6) is 0 Å². The minimum Gasteiger partial charge on any atom is -0.364 e. The number of fused-ring (bicyclic) bond motifs is 1. The predicted molar refractivity (Wildman–Crippen MR) is 98.5 cm³/mol. The number of para-hydroxylation sites is 2. The van der Waals surface area contributed by atoms with E-state index in [-0.39, 0.29) is 5.91 Å². The van der Waals surface area contributed by atoms with Crippen molar-refractivity contribution in [2.24, 2.45) is 0 Å². The number of hydrogen-bond donors (Lipinski definition) is 2. The highest BCUT2D eigenvalue weighted by atomic mass is 16.1. The van der Waals surface area contributed by atoms with Gasteiger partial charge in [0.2, 0.25) is 0 Å². The predicted octanol–water partition coefficient (Wildman–Crippen LogP) is 3.44. The van der Waals surface area contributed by atoms with Crippen LogP contribution in [0.25, 0.3) is 11.0 Å². The van der Waals surface area contributed by atoms with Crippen LogP contribution in [-0.4, -0.2) is 21.9 Å². The third kappa shape index (κ3) is 3.60. The van der Waals surface area contributed by atoms with Crippen molar-refractivity contribution >= 4 is 22.8 Å². The van der Waals surface area contributed by atoms with Crippen molar-refractivity contribution in [3.8, 4) is 0 Å². The second-order valence-corrected chi connectivity index (χ2v) is 6.44. The Hall–Kier alpha value is -2.95. The van der Waals surface area contributed by atoms with Crippen molar-refractivity contribution in [3.05, 3.63) is 65.4 Å². The number of anilines is 1. The van der Waals surface area contributed by atoms with Crippen LogP contribution in [0, 0.1) is 6.92 Å². The molecule has 1 saturated carbocycles. The van der Waals surface area contributed by atoms with E-state index in [1.54, 1.807) is 0 Å². The zero-order valence-corrected chi connectivity index (χ0v) is 14.1. The van der Waals surface area contributed by atoms with Gasteiger partial charge in [0.25, 0.3) is 5.91 Å². The van der Waals surface area contributed by atoms with Gasteiger partial charge in [-0.2, -0.15) is 0 Å². The Morgan fingerprint density at radius 3 is 2.40 bits per heavy atom. The summed E-state index contributed by atoms with van der Waals surface area (Å²) in [7, 11) is 0. The average molecular weight is 332 g/mol. The molecule has 0 aliphatic heterocycles. The van der Waals surface area contributed by atoms with E-state index in [2.05, 4.69) is 20.6 Å². The summed E-state index contributed by atoms with van der Waals surface area (Å²) >= 11 is 0. The number of hydrogen-bond acceptors (Lipinski definition) is 4. The van der Waals surface area contributed by atoms with Gasteiger partial charge in [-0.15, -0.1) is 0 Å². The van der Waals surface area contributed by atoms with Crippen molar-refractivity contribution in [2.75, 3.05) is 5.32 Å². The number of benzene rings is 2. The Labute approximate surface area is 146 Å². The van der Waals surface area contributed by atoms with Crippen LogP contribution in [-0.2, 0) is 6.54 Å². The van der Waals surface area contributed by atoms with E-state index >= 15 is 0 Å². The van der Waals surface area contributed by atoms with E-state index in [1.807, 2.05) is 55.5 Å². The fourth-order valence-corrected chi connectivity index (χ4v) is 2.71. The monoisotopic (exact) mass is 332 g/mol.